The second kappa shape index (κ2) is 8.22. The van der Waals surface area contributed by atoms with E-state index in [1.807, 2.05) is 90.5 Å². The molecule has 0 unspecified atom stereocenters. The van der Waals surface area contributed by atoms with E-state index in [2.05, 4.69) is 11.1 Å². The van der Waals surface area contributed by atoms with Crippen LogP contribution >= 0.6 is 11.6 Å². The van der Waals surface area contributed by atoms with Crippen LogP contribution in [0.25, 0.3) is 22.7 Å². The fourth-order valence-electron chi connectivity index (χ4n) is 3.14. The Labute approximate surface area is 174 Å². The molecular weight excluding hydrogens is 382 g/mol. The van der Waals surface area contributed by atoms with Gasteiger partial charge in [-0.1, -0.05) is 48.0 Å². The second-order valence-corrected chi connectivity index (χ2v) is 7.08. The molecule has 0 aliphatic heterocycles. The number of halogens is 1. The van der Waals surface area contributed by atoms with Crippen LogP contribution < -0.4 is 4.74 Å². The van der Waals surface area contributed by atoms with Crippen molar-refractivity contribution in [2.75, 3.05) is 0 Å². The van der Waals surface area contributed by atoms with Gasteiger partial charge in [-0.25, -0.2) is 4.98 Å². The monoisotopic (exact) mass is 399 g/mol. The van der Waals surface area contributed by atoms with E-state index in [0.717, 1.165) is 27.9 Å². The molecular formula is C24H18ClN3O. The molecule has 0 amide bonds. The van der Waals surface area contributed by atoms with Gasteiger partial charge in [-0.2, -0.15) is 5.26 Å². The lowest BCUT2D eigenvalue weighted by atomic mass is 10.1. The van der Waals surface area contributed by atoms with E-state index in [9.17, 15) is 5.26 Å². The minimum Gasteiger partial charge on any atom is -0.489 e. The summed E-state index contributed by atoms with van der Waals surface area (Å²) in [5.41, 5.74) is 4.27. The van der Waals surface area contributed by atoms with Crippen molar-refractivity contribution in [3.8, 4) is 11.8 Å². The number of hydrogen-bond acceptors (Lipinski definition) is 3. The number of allylic oxidation sites excluding steroid dienone is 1. The van der Waals surface area contributed by atoms with Crippen molar-refractivity contribution in [3.63, 3.8) is 0 Å². The van der Waals surface area contributed by atoms with Crippen molar-refractivity contribution >= 4 is 34.3 Å². The van der Waals surface area contributed by atoms with Gasteiger partial charge in [0.2, 0.25) is 0 Å². The maximum Gasteiger partial charge on any atom is 0.151 e. The molecule has 1 heterocycles. The lowest BCUT2D eigenvalue weighted by Crippen LogP contribution is -1.97. The van der Waals surface area contributed by atoms with Crippen LogP contribution in [0.5, 0.6) is 5.75 Å². The number of rotatable bonds is 5. The third kappa shape index (κ3) is 4.16. The number of fused-ring (bicyclic) bond motifs is 1. The lowest BCUT2D eigenvalue weighted by Gasteiger charge is -2.07. The number of hydrogen-bond donors (Lipinski definition) is 0. The molecule has 0 aliphatic rings. The van der Waals surface area contributed by atoms with Gasteiger partial charge >= 0.3 is 0 Å². The molecule has 0 bridgehead atoms. The number of para-hydroxylation sites is 2. The van der Waals surface area contributed by atoms with Crippen molar-refractivity contribution in [3.05, 3.63) is 94.8 Å². The summed E-state index contributed by atoms with van der Waals surface area (Å²) < 4.78 is 7.82. The Balaban J connectivity index is 1.59. The fourth-order valence-corrected chi connectivity index (χ4v) is 3.27. The first-order valence-electron chi connectivity index (χ1n) is 9.15. The van der Waals surface area contributed by atoms with Gasteiger partial charge in [0.15, 0.2) is 5.82 Å². The number of benzene rings is 3. The normalized spacial score (nSPS) is 11.4. The Kier molecular flexibility index (Phi) is 5.33. The fraction of sp³-hybridized carbons (Fsp3) is 0.0833. The zero-order valence-electron chi connectivity index (χ0n) is 15.8. The predicted octanol–water partition coefficient (Wildman–Crippen LogP) is 5.87. The maximum atomic E-state index is 9.72. The molecule has 142 valence electrons. The van der Waals surface area contributed by atoms with E-state index in [1.165, 1.54) is 0 Å². The second-order valence-electron chi connectivity index (χ2n) is 6.64. The van der Waals surface area contributed by atoms with Crippen molar-refractivity contribution in [1.29, 1.82) is 5.26 Å². The predicted molar refractivity (Wildman–Crippen MR) is 116 cm³/mol. The van der Waals surface area contributed by atoms with E-state index in [-0.39, 0.29) is 0 Å². The molecule has 3 aromatic carbocycles. The van der Waals surface area contributed by atoms with Crippen LogP contribution in [0.2, 0.25) is 5.02 Å². The van der Waals surface area contributed by atoms with Gasteiger partial charge in [-0.05, 0) is 53.6 Å². The Morgan fingerprint density at radius 2 is 1.90 bits per heavy atom. The molecule has 4 aromatic rings. The van der Waals surface area contributed by atoms with E-state index < -0.39 is 0 Å². The molecule has 0 saturated heterocycles. The highest BCUT2D eigenvalue weighted by Crippen LogP contribution is 2.24. The Hall–Kier alpha value is -3.55. The number of nitrogens with zero attached hydrogens (tertiary/aromatic N) is 3. The van der Waals surface area contributed by atoms with Crippen LogP contribution in [-0.2, 0) is 13.7 Å². The van der Waals surface area contributed by atoms with Crippen molar-refractivity contribution < 1.29 is 4.74 Å². The summed E-state index contributed by atoms with van der Waals surface area (Å²) in [6.45, 7) is 0.445. The summed E-state index contributed by atoms with van der Waals surface area (Å²) in [5.74, 6) is 1.37. The lowest BCUT2D eigenvalue weighted by molar-refractivity contribution is 0.306. The number of aromatic nitrogens is 2. The Morgan fingerprint density at radius 3 is 2.66 bits per heavy atom. The van der Waals surface area contributed by atoms with Crippen LogP contribution in [0, 0.1) is 11.3 Å². The maximum absolute atomic E-state index is 9.72. The molecule has 4 nitrogen and oxygen atoms in total. The zero-order chi connectivity index (χ0) is 20.2. The molecule has 1 aromatic heterocycles. The first kappa shape index (κ1) is 18.8. The summed E-state index contributed by atoms with van der Waals surface area (Å²) in [5, 5.41) is 10.4. The smallest absolute Gasteiger partial charge is 0.151 e. The Morgan fingerprint density at radius 1 is 1.10 bits per heavy atom. The average Bonchev–Trinajstić information content (AvgIpc) is 3.08. The molecule has 0 saturated carbocycles. The standard InChI is InChI=1S/C24H18ClN3O/c1-28-23-8-3-2-7-22(23)27-24(28)19(15-26)13-18-5-4-6-21(14-18)29-16-17-9-11-20(25)12-10-17/h2-14H,16H2,1H3/b19-13-. The minimum atomic E-state index is 0.445. The van der Waals surface area contributed by atoms with Gasteiger partial charge in [0.05, 0.1) is 16.6 Å². The van der Waals surface area contributed by atoms with Crippen LogP contribution in [0.15, 0.2) is 72.8 Å². The van der Waals surface area contributed by atoms with Gasteiger partial charge in [0.1, 0.15) is 18.4 Å². The highest BCUT2D eigenvalue weighted by atomic mass is 35.5. The summed E-state index contributed by atoms with van der Waals surface area (Å²) in [6.07, 6.45) is 1.83. The first-order valence-corrected chi connectivity index (χ1v) is 9.53. The van der Waals surface area contributed by atoms with Gasteiger partial charge in [0, 0.05) is 12.1 Å². The molecule has 0 spiro atoms. The third-order valence-corrected chi connectivity index (χ3v) is 4.89. The zero-order valence-corrected chi connectivity index (χ0v) is 16.6. The molecule has 0 fully saturated rings. The molecule has 4 rings (SSSR count). The third-order valence-electron chi connectivity index (χ3n) is 4.64. The minimum absolute atomic E-state index is 0.445. The summed E-state index contributed by atoms with van der Waals surface area (Å²) in [7, 11) is 1.92. The highest BCUT2D eigenvalue weighted by molar-refractivity contribution is 6.30. The van der Waals surface area contributed by atoms with Crippen LogP contribution in [-0.4, -0.2) is 9.55 Å². The summed E-state index contributed by atoms with van der Waals surface area (Å²) in [6, 6.07) is 25.3. The van der Waals surface area contributed by atoms with Crippen LogP contribution in [0.3, 0.4) is 0 Å². The topological polar surface area (TPSA) is 50.8 Å². The molecule has 29 heavy (non-hydrogen) atoms. The van der Waals surface area contributed by atoms with Gasteiger partial charge < -0.3 is 9.30 Å². The molecule has 5 heteroatoms. The van der Waals surface area contributed by atoms with Gasteiger partial charge in [-0.15, -0.1) is 0 Å². The van der Waals surface area contributed by atoms with E-state index >= 15 is 0 Å². The first-order chi connectivity index (χ1) is 14.1. The molecule has 0 radical (unpaired) electrons. The van der Waals surface area contributed by atoms with Gasteiger partial charge in [-0.3, -0.25) is 0 Å². The van der Waals surface area contributed by atoms with E-state index in [1.54, 1.807) is 0 Å². The van der Waals surface area contributed by atoms with Crippen molar-refractivity contribution in [1.82, 2.24) is 9.55 Å². The quantitative estimate of drug-likeness (QED) is 0.394. The van der Waals surface area contributed by atoms with E-state index in [4.69, 9.17) is 16.3 Å². The highest BCUT2D eigenvalue weighted by Gasteiger charge is 2.12. The van der Waals surface area contributed by atoms with Gasteiger partial charge in [0.25, 0.3) is 0 Å². The molecule has 0 atom stereocenters. The number of nitriles is 1. The SMILES string of the molecule is Cn1c(/C(C#N)=C\c2cccc(OCc3ccc(Cl)cc3)c2)nc2ccccc21. The molecule has 0 aliphatic carbocycles. The largest absolute Gasteiger partial charge is 0.489 e. The summed E-state index contributed by atoms with van der Waals surface area (Å²) in [4.78, 5) is 4.62. The Bertz CT molecular complexity index is 1230. The van der Waals surface area contributed by atoms with E-state index in [0.29, 0.717) is 23.0 Å². The summed E-state index contributed by atoms with van der Waals surface area (Å²) >= 11 is 5.92. The van der Waals surface area contributed by atoms with Crippen LogP contribution in [0.1, 0.15) is 17.0 Å². The van der Waals surface area contributed by atoms with Crippen molar-refractivity contribution in [2.45, 2.75) is 6.61 Å². The number of ether oxygens (including phenoxy) is 1. The number of aryl methyl sites for hydroxylation is 1. The average molecular weight is 400 g/mol. The van der Waals surface area contributed by atoms with Crippen molar-refractivity contribution in [2.24, 2.45) is 7.05 Å². The van der Waals surface area contributed by atoms with Crippen LogP contribution in [0.4, 0.5) is 0 Å². The number of imidazole rings is 1. The molecule has 0 N–H and O–H groups in total.